The Morgan fingerprint density at radius 2 is 1.80 bits per heavy atom. The molecular weight excluding hydrogens is 518 g/mol. The van der Waals surface area contributed by atoms with E-state index in [1.807, 2.05) is 61.2 Å². The van der Waals surface area contributed by atoms with Crippen molar-refractivity contribution in [3.05, 3.63) is 82.5 Å². The molecule has 210 valence electrons. The number of hydrogen-bond acceptors (Lipinski definition) is 4. The summed E-state index contributed by atoms with van der Waals surface area (Å²) in [7, 11) is 0. The molecule has 3 heterocycles. The minimum Gasteiger partial charge on any atom is -0.348 e. The number of fused-ring (bicyclic) bond motifs is 3. The molecule has 2 bridgehead atoms. The van der Waals surface area contributed by atoms with Gasteiger partial charge in [0.1, 0.15) is 5.84 Å². The van der Waals surface area contributed by atoms with Gasteiger partial charge >= 0.3 is 6.03 Å². The first-order valence-corrected chi connectivity index (χ1v) is 15.1. The molecular formula is C33H40ClN5O. The molecule has 4 atom stereocenters. The third kappa shape index (κ3) is 5.44. The summed E-state index contributed by atoms with van der Waals surface area (Å²) in [6, 6.07) is 15.9. The Labute approximate surface area is 243 Å². The number of rotatable bonds is 7. The molecule has 2 amide bonds. The van der Waals surface area contributed by atoms with Gasteiger partial charge in [0, 0.05) is 47.6 Å². The number of anilines is 2. The van der Waals surface area contributed by atoms with Crippen LogP contribution in [0.25, 0.3) is 0 Å². The molecule has 1 N–H and O–H groups in total. The molecule has 4 aliphatic rings. The molecule has 2 aromatic carbocycles. The highest BCUT2D eigenvalue weighted by Gasteiger charge is 2.45. The van der Waals surface area contributed by atoms with Crippen molar-refractivity contribution in [2.24, 2.45) is 4.99 Å². The number of carbonyl (C=O) groups excluding carboxylic acids is 1. The maximum Gasteiger partial charge on any atom is 0.326 e. The average Bonchev–Trinajstić information content (AvgIpc) is 3.39. The first-order chi connectivity index (χ1) is 19.4. The molecule has 2 saturated heterocycles. The quantitative estimate of drug-likeness (QED) is 0.388. The largest absolute Gasteiger partial charge is 0.348 e. The Bertz CT molecular complexity index is 1340. The normalized spacial score (nSPS) is 25.4. The fourth-order valence-corrected chi connectivity index (χ4v) is 7.31. The van der Waals surface area contributed by atoms with Crippen molar-refractivity contribution in [1.29, 1.82) is 0 Å². The van der Waals surface area contributed by atoms with Crippen LogP contribution in [-0.2, 0) is 0 Å². The van der Waals surface area contributed by atoms with Crippen LogP contribution in [-0.4, -0.2) is 58.9 Å². The first kappa shape index (κ1) is 27.1. The van der Waals surface area contributed by atoms with Crippen molar-refractivity contribution in [2.45, 2.75) is 83.5 Å². The summed E-state index contributed by atoms with van der Waals surface area (Å²) >= 11 is 6.48. The molecule has 0 spiro atoms. The molecule has 0 aromatic heterocycles. The number of allylic oxidation sites excluding steroid dienone is 2. The van der Waals surface area contributed by atoms with Crippen LogP contribution in [0.3, 0.4) is 0 Å². The summed E-state index contributed by atoms with van der Waals surface area (Å²) in [6.07, 6.45) is 13.5. The van der Waals surface area contributed by atoms with Gasteiger partial charge in [0.15, 0.2) is 0 Å². The van der Waals surface area contributed by atoms with Crippen LogP contribution in [0.2, 0.25) is 5.02 Å². The van der Waals surface area contributed by atoms with E-state index in [0.717, 1.165) is 36.3 Å². The highest BCUT2D eigenvalue weighted by Crippen LogP contribution is 2.41. The molecule has 6 rings (SSSR count). The second-order valence-corrected chi connectivity index (χ2v) is 12.2. The highest BCUT2D eigenvalue weighted by atomic mass is 35.5. The van der Waals surface area contributed by atoms with E-state index in [4.69, 9.17) is 16.6 Å². The number of aliphatic imine (C=N–C) groups is 1. The van der Waals surface area contributed by atoms with Crippen molar-refractivity contribution in [1.82, 2.24) is 9.80 Å². The number of halogens is 1. The summed E-state index contributed by atoms with van der Waals surface area (Å²) in [5, 5.41) is 3.77. The number of piperidine rings is 1. The number of hydrogen-bond donors (Lipinski definition) is 1. The number of benzene rings is 2. The lowest BCUT2D eigenvalue weighted by Gasteiger charge is -2.45. The van der Waals surface area contributed by atoms with Gasteiger partial charge in [0.2, 0.25) is 0 Å². The van der Waals surface area contributed by atoms with Gasteiger partial charge in [-0.2, -0.15) is 0 Å². The highest BCUT2D eigenvalue weighted by molar-refractivity contribution is 6.31. The zero-order chi connectivity index (χ0) is 27.8. The Morgan fingerprint density at radius 1 is 1.05 bits per heavy atom. The number of amides is 2. The van der Waals surface area contributed by atoms with Gasteiger partial charge in [0.25, 0.3) is 0 Å². The predicted molar refractivity (Wildman–Crippen MR) is 165 cm³/mol. The molecule has 40 heavy (non-hydrogen) atoms. The summed E-state index contributed by atoms with van der Waals surface area (Å²) in [4.78, 5) is 25.6. The summed E-state index contributed by atoms with van der Waals surface area (Å²) in [5.74, 6) is 1.18. The van der Waals surface area contributed by atoms with Crippen LogP contribution in [0.15, 0.2) is 71.4 Å². The van der Waals surface area contributed by atoms with E-state index in [1.54, 1.807) is 0 Å². The Kier molecular flexibility index (Phi) is 7.74. The van der Waals surface area contributed by atoms with E-state index in [0.29, 0.717) is 35.7 Å². The number of nitrogens with zero attached hydrogens (tertiary/aromatic N) is 4. The van der Waals surface area contributed by atoms with Crippen molar-refractivity contribution in [3.8, 4) is 0 Å². The Hall–Kier alpha value is -3.09. The maximum atomic E-state index is 13.5. The van der Waals surface area contributed by atoms with Gasteiger partial charge in [-0.1, -0.05) is 47.5 Å². The monoisotopic (exact) mass is 557 g/mol. The van der Waals surface area contributed by atoms with Gasteiger partial charge < -0.3 is 10.2 Å². The molecule has 0 radical (unpaired) electrons. The van der Waals surface area contributed by atoms with Crippen LogP contribution in [0.1, 0.15) is 56.6 Å². The molecule has 3 aliphatic heterocycles. The van der Waals surface area contributed by atoms with Gasteiger partial charge in [-0.15, -0.1) is 0 Å². The van der Waals surface area contributed by atoms with Crippen molar-refractivity contribution in [3.63, 3.8) is 0 Å². The fraction of sp³-hybridized carbons (Fsp3) is 0.455. The van der Waals surface area contributed by atoms with Crippen LogP contribution in [0.5, 0.6) is 0 Å². The molecule has 6 nitrogen and oxygen atoms in total. The van der Waals surface area contributed by atoms with Crippen LogP contribution in [0, 0.1) is 13.8 Å². The van der Waals surface area contributed by atoms with E-state index < -0.39 is 0 Å². The van der Waals surface area contributed by atoms with Crippen LogP contribution < -0.4 is 10.2 Å². The number of aryl methyl sites for hydroxylation is 2. The maximum absolute atomic E-state index is 13.5. The molecule has 1 unspecified atom stereocenters. The number of amidine groups is 1. The SMILES string of the molecule is CC1=NC2=CC=CC[C@H]2N1C1C[C@H]2CC[C@@H](C1)N2CCCN(C(=O)Nc1ccc(C)cc1)c1ccc(C)c(Cl)c1. The van der Waals surface area contributed by atoms with Gasteiger partial charge in [-0.3, -0.25) is 9.80 Å². The lowest BCUT2D eigenvalue weighted by Crippen LogP contribution is -2.53. The molecule has 0 saturated carbocycles. The molecule has 1 aliphatic carbocycles. The third-order valence-electron chi connectivity index (χ3n) is 9.17. The zero-order valence-electron chi connectivity index (χ0n) is 23.8. The van der Waals surface area contributed by atoms with E-state index in [2.05, 4.69) is 40.3 Å². The summed E-state index contributed by atoms with van der Waals surface area (Å²) in [6.45, 7) is 7.85. The fourth-order valence-electron chi connectivity index (χ4n) is 7.14. The second-order valence-electron chi connectivity index (χ2n) is 11.8. The third-order valence-corrected chi connectivity index (χ3v) is 9.58. The number of urea groups is 1. The van der Waals surface area contributed by atoms with E-state index in [9.17, 15) is 4.79 Å². The van der Waals surface area contributed by atoms with Crippen molar-refractivity contribution >= 4 is 34.8 Å². The van der Waals surface area contributed by atoms with Crippen LogP contribution in [0.4, 0.5) is 16.2 Å². The second kappa shape index (κ2) is 11.4. The summed E-state index contributed by atoms with van der Waals surface area (Å²) in [5.41, 5.74) is 5.03. The minimum absolute atomic E-state index is 0.125. The topological polar surface area (TPSA) is 51.2 Å². The Balaban J connectivity index is 1.11. The van der Waals surface area contributed by atoms with Crippen molar-refractivity contribution in [2.75, 3.05) is 23.3 Å². The summed E-state index contributed by atoms with van der Waals surface area (Å²) < 4.78 is 0. The lowest BCUT2D eigenvalue weighted by atomic mass is 9.93. The van der Waals surface area contributed by atoms with E-state index >= 15 is 0 Å². The predicted octanol–water partition coefficient (Wildman–Crippen LogP) is 7.33. The minimum atomic E-state index is -0.125. The first-order valence-electron chi connectivity index (χ1n) is 14.7. The molecule has 2 aromatic rings. The standard InChI is InChI=1S/C33H40ClN5O/c1-22-9-12-25(13-10-22)36-33(40)38(28-14-11-23(2)30(34)21-28)18-6-17-37-26-15-16-27(37)20-29(19-26)39-24(3)35-31-7-4-5-8-32(31)39/h4-5,7,9-14,21,26-27,29,32H,6,8,15-20H2,1-3H3,(H,36,40)/t26-,27+,29?,32-/m1/s1. The smallest absolute Gasteiger partial charge is 0.326 e. The van der Waals surface area contributed by atoms with Crippen molar-refractivity contribution < 1.29 is 4.79 Å². The molecule has 7 heteroatoms. The number of nitrogens with one attached hydrogen (secondary N) is 1. The van der Waals surface area contributed by atoms with E-state index in [1.165, 1.54) is 42.8 Å². The van der Waals surface area contributed by atoms with Crippen LogP contribution >= 0.6 is 11.6 Å². The average molecular weight is 558 g/mol. The van der Waals surface area contributed by atoms with Gasteiger partial charge in [-0.05, 0) is 95.2 Å². The molecule has 2 fully saturated rings. The van der Waals surface area contributed by atoms with E-state index in [-0.39, 0.29) is 6.03 Å². The van der Waals surface area contributed by atoms with Gasteiger partial charge in [-0.25, -0.2) is 9.79 Å². The Morgan fingerprint density at radius 3 is 2.52 bits per heavy atom. The zero-order valence-corrected chi connectivity index (χ0v) is 24.6. The van der Waals surface area contributed by atoms with Gasteiger partial charge in [0.05, 0.1) is 11.7 Å². The number of carbonyl (C=O) groups is 1. The lowest BCUT2D eigenvalue weighted by molar-refractivity contribution is 0.0798.